The normalized spacial score (nSPS) is 12.8. The summed E-state index contributed by atoms with van der Waals surface area (Å²) in [6, 6.07) is 13.9. The molecule has 0 aromatic heterocycles. The van der Waals surface area contributed by atoms with Gasteiger partial charge < -0.3 is 9.64 Å². The van der Waals surface area contributed by atoms with Crippen LogP contribution in [0.2, 0.25) is 0 Å². The summed E-state index contributed by atoms with van der Waals surface area (Å²) in [5.74, 6) is -0.192. The summed E-state index contributed by atoms with van der Waals surface area (Å²) in [5.41, 5.74) is 5.01. The summed E-state index contributed by atoms with van der Waals surface area (Å²) in [6.07, 6.45) is 3.07. The molecule has 2 aromatic rings. The van der Waals surface area contributed by atoms with Crippen molar-refractivity contribution in [1.29, 1.82) is 0 Å². The molecule has 0 unspecified atom stereocenters. The van der Waals surface area contributed by atoms with Crippen LogP contribution in [0.25, 0.3) is 0 Å². The average Bonchev–Trinajstić information content (AvgIpc) is 3.05. The Morgan fingerprint density at radius 3 is 2.60 bits per heavy atom. The number of methoxy groups -OCH3 is 1. The standard InChI is InChI=1S/C21H23NO3/c1-15-6-8-16(9-7-15)4-3-5-20(23)22-13-12-17-14-18(21(24)25-2)10-11-19(17)22/h6-11,14H,3-5,12-13H2,1-2H3. The maximum Gasteiger partial charge on any atom is 0.337 e. The quantitative estimate of drug-likeness (QED) is 0.782. The van der Waals surface area contributed by atoms with Gasteiger partial charge in [-0.1, -0.05) is 29.8 Å². The minimum absolute atomic E-state index is 0.150. The maximum absolute atomic E-state index is 12.6. The van der Waals surface area contributed by atoms with Crippen LogP contribution in [0.3, 0.4) is 0 Å². The number of anilines is 1. The third-order valence-electron chi connectivity index (χ3n) is 4.67. The third kappa shape index (κ3) is 3.90. The number of hydrogen-bond acceptors (Lipinski definition) is 3. The molecule has 0 bridgehead atoms. The number of hydrogen-bond donors (Lipinski definition) is 0. The van der Waals surface area contributed by atoms with Gasteiger partial charge in [-0.3, -0.25) is 4.79 Å². The molecule has 1 heterocycles. The highest BCUT2D eigenvalue weighted by molar-refractivity contribution is 5.97. The minimum atomic E-state index is -0.342. The Hall–Kier alpha value is -2.62. The molecule has 0 spiro atoms. The van der Waals surface area contributed by atoms with Crippen LogP contribution in [-0.2, 0) is 22.4 Å². The number of carbonyl (C=O) groups is 2. The summed E-state index contributed by atoms with van der Waals surface area (Å²) in [6.45, 7) is 2.76. The van der Waals surface area contributed by atoms with E-state index in [1.54, 1.807) is 6.07 Å². The zero-order chi connectivity index (χ0) is 17.8. The van der Waals surface area contributed by atoms with Crippen molar-refractivity contribution in [3.8, 4) is 0 Å². The second-order valence-corrected chi connectivity index (χ2v) is 6.47. The van der Waals surface area contributed by atoms with Gasteiger partial charge in [0.25, 0.3) is 0 Å². The highest BCUT2D eigenvalue weighted by Gasteiger charge is 2.25. The Bertz CT molecular complexity index is 780. The average molecular weight is 337 g/mol. The van der Waals surface area contributed by atoms with E-state index in [0.29, 0.717) is 18.5 Å². The predicted octanol–water partition coefficient (Wildman–Crippen LogP) is 3.69. The van der Waals surface area contributed by atoms with Crippen molar-refractivity contribution in [2.45, 2.75) is 32.6 Å². The first-order chi connectivity index (χ1) is 12.1. The fourth-order valence-electron chi connectivity index (χ4n) is 3.24. The molecular formula is C21H23NO3. The highest BCUT2D eigenvalue weighted by atomic mass is 16.5. The predicted molar refractivity (Wildman–Crippen MR) is 98.0 cm³/mol. The van der Waals surface area contributed by atoms with E-state index >= 15 is 0 Å². The topological polar surface area (TPSA) is 46.6 Å². The van der Waals surface area contributed by atoms with Crippen LogP contribution in [0.5, 0.6) is 0 Å². The zero-order valence-corrected chi connectivity index (χ0v) is 14.7. The number of amides is 1. The summed E-state index contributed by atoms with van der Waals surface area (Å²) < 4.78 is 4.75. The molecule has 0 fully saturated rings. The second kappa shape index (κ2) is 7.51. The number of benzene rings is 2. The van der Waals surface area contributed by atoms with E-state index in [9.17, 15) is 9.59 Å². The fourth-order valence-corrected chi connectivity index (χ4v) is 3.24. The Balaban J connectivity index is 1.59. The lowest BCUT2D eigenvalue weighted by Gasteiger charge is -2.17. The lowest BCUT2D eigenvalue weighted by molar-refractivity contribution is -0.118. The van der Waals surface area contributed by atoms with Gasteiger partial charge in [-0.2, -0.15) is 0 Å². The monoisotopic (exact) mass is 337 g/mol. The molecular weight excluding hydrogens is 314 g/mol. The Kier molecular flexibility index (Phi) is 5.17. The van der Waals surface area contributed by atoms with E-state index < -0.39 is 0 Å². The van der Waals surface area contributed by atoms with Crippen molar-refractivity contribution in [1.82, 2.24) is 0 Å². The molecule has 0 N–H and O–H groups in total. The van der Waals surface area contributed by atoms with E-state index in [-0.39, 0.29) is 11.9 Å². The summed E-state index contributed by atoms with van der Waals surface area (Å²) >= 11 is 0. The van der Waals surface area contributed by atoms with Gasteiger partial charge in [0, 0.05) is 18.7 Å². The molecule has 2 aromatic carbocycles. The number of aryl methyl sites for hydroxylation is 2. The molecule has 130 valence electrons. The first kappa shape index (κ1) is 17.2. The summed E-state index contributed by atoms with van der Waals surface area (Å²) in [5, 5.41) is 0. The van der Waals surface area contributed by atoms with Crippen LogP contribution < -0.4 is 4.90 Å². The number of fused-ring (bicyclic) bond motifs is 1. The van der Waals surface area contributed by atoms with Gasteiger partial charge in [0.05, 0.1) is 12.7 Å². The highest BCUT2D eigenvalue weighted by Crippen LogP contribution is 2.30. The van der Waals surface area contributed by atoms with Gasteiger partial charge in [-0.15, -0.1) is 0 Å². The Morgan fingerprint density at radius 1 is 1.12 bits per heavy atom. The fraction of sp³-hybridized carbons (Fsp3) is 0.333. The summed E-state index contributed by atoms with van der Waals surface area (Å²) in [4.78, 5) is 26.0. The van der Waals surface area contributed by atoms with Gasteiger partial charge in [0.2, 0.25) is 5.91 Å². The molecule has 0 saturated carbocycles. The van der Waals surface area contributed by atoms with E-state index in [0.717, 1.165) is 30.5 Å². The van der Waals surface area contributed by atoms with Gasteiger partial charge in [0.1, 0.15) is 0 Å². The van der Waals surface area contributed by atoms with Crippen molar-refractivity contribution in [3.63, 3.8) is 0 Å². The van der Waals surface area contributed by atoms with Crippen molar-refractivity contribution >= 4 is 17.6 Å². The SMILES string of the molecule is COC(=O)c1ccc2c(c1)CCN2C(=O)CCCc1ccc(C)cc1. The van der Waals surface area contributed by atoms with Crippen molar-refractivity contribution in [3.05, 3.63) is 64.7 Å². The van der Waals surface area contributed by atoms with Crippen molar-refractivity contribution in [2.24, 2.45) is 0 Å². The number of carbonyl (C=O) groups excluding carboxylic acids is 2. The Labute approximate surface area is 148 Å². The number of rotatable bonds is 5. The van der Waals surface area contributed by atoms with E-state index in [1.165, 1.54) is 18.2 Å². The van der Waals surface area contributed by atoms with Gasteiger partial charge in [-0.25, -0.2) is 4.79 Å². The van der Waals surface area contributed by atoms with Crippen LogP contribution in [0, 0.1) is 6.92 Å². The largest absolute Gasteiger partial charge is 0.465 e. The molecule has 4 heteroatoms. The molecule has 4 nitrogen and oxygen atoms in total. The molecule has 1 amide bonds. The smallest absolute Gasteiger partial charge is 0.337 e. The lowest BCUT2D eigenvalue weighted by atomic mass is 10.1. The van der Waals surface area contributed by atoms with E-state index in [2.05, 4.69) is 31.2 Å². The Morgan fingerprint density at radius 2 is 1.88 bits per heavy atom. The van der Waals surface area contributed by atoms with Crippen LogP contribution in [0.4, 0.5) is 5.69 Å². The maximum atomic E-state index is 12.6. The molecule has 0 atom stereocenters. The second-order valence-electron chi connectivity index (χ2n) is 6.47. The zero-order valence-electron chi connectivity index (χ0n) is 14.7. The van der Waals surface area contributed by atoms with Gasteiger partial charge >= 0.3 is 5.97 Å². The van der Waals surface area contributed by atoms with E-state index in [4.69, 9.17) is 4.74 Å². The molecule has 3 rings (SSSR count). The molecule has 1 aliphatic heterocycles. The number of ether oxygens (including phenoxy) is 1. The number of esters is 1. The number of nitrogens with zero attached hydrogens (tertiary/aromatic N) is 1. The third-order valence-corrected chi connectivity index (χ3v) is 4.67. The van der Waals surface area contributed by atoms with Crippen molar-refractivity contribution < 1.29 is 14.3 Å². The molecule has 0 saturated heterocycles. The first-order valence-corrected chi connectivity index (χ1v) is 8.65. The van der Waals surface area contributed by atoms with Crippen LogP contribution in [0.1, 0.15) is 39.9 Å². The van der Waals surface area contributed by atoms with Crippen LogP contribution in [0.15, 0.2) is 42.5 Å². The first-order valence-electron chi connectivity index (χ1n) is 8.65. The van der Waals surface area contributed by atoms with Crippen LogP contribution >= 0.6 is 0 Å². The summed E-state index contributed by atoms with van der Waals surface area (Å²) in [7, 11) is 1.37. The molecule has 1 aliphatic rings. The van der Waals surface area contributed by atoms with Crippen LogP contribution in [-0.4, -0.2) is 25.5 Å². The molecule has 25 heavy (non-hydrogen) atoms. The van der Waals surface area contributed by atoms with Gasteiger partial charge in [-0.05, 0) is 55.5 Å². The molecule has 0 aliphatic carbocycles. The minimum Gasteiger partial charge on any atom is -0.465 e. The van der Waals surface area contributed by atoms with Gasteiger partial charge in [0.15, 0.2) is 0 Å². The van der Waals surface area contributed by atoms with Crippen molar-refractivity contribution in [2.75, 3.05) is 18.6 Å². The van der Waals surface area contributed by atoms with E-state index in [1.807, 2.05) is 17.0 Å². The molecule has 0 radical (unpaired) electrons. The lowest BCUT2D eigenvalue weighted by Crippen LogP contribution is -2.28.